The van der Waals surface area contributed by atoms with Gasteiger partial charge in [-0.2, -0.15) is 5.26 Å². The van der Waals surface area contributed by atoms with Crippen LogP contribution in [0.1, 0.15) is 0 Å². The van der Waals surface area contributed by atoms with Crippen molar-refractivity contribution >= 4 is 21.8 Å². The molecule has 0 saturated heterocycles. The van der Waals surface area contributed by atoms with Gasteiger partial charge in [0, 0.05) is 0 Å². The summed E-state index contributed by atoms with van der Waals surface area (Å²) in [5.41, 5.74) is 0. The Bertz CT molecular complexity index is 106. The molecule has 0 bridgehead atoms. The van der Waals surface area contributed by atoms with Crippen molar-refractivity contribution in [1.29, 1.82) is 5.26 Å². The zero-order chi connectivity index (χ0) is 5.70. The number of carbonyl (C=O) groups excluding carboxylic acids is 1. The summed E-state index contributed by atoms with van der Waals surface area (Å²) in [6.45, 7) is 0. The van der Waals surface area contributed by atoms with Gasteiger partial charge in [-0.15, -0.1) is 0 Å². The van der Waals surface area contributed by atoms with E-state index in [0.717, 1.165) is 0 Å². The van der Waals surface area contributed by atoms with Crippen LogP contribution in [-0.4, -0.2) is 11.2 Å². The van der Waals surface area contributed by atoms with E-state index < -0.39 is 0 Å². The number of alkyl halides is 1. The molecule has 0 fully saturated rings. The molecule has 38 valence electrons. The highest BCUT2D eigenvalue weighted by Crippen LogP contribution is 1.74. The quantitative estimate of drug-likeness (QED) is 0.335. The third-order valence-electron chi connectivity index (χ3n) is 0.317. The van der Waals surface area contributed by atoms with Crippen LogP contribution in [0, 0.1) is 11.5 Å². The lowest BCUT2D eigenvalue weighted by atomic mass is 10.7. The third-order valence-corrected chi connectivity index (χ3v) is 0.826. The zero-order valence-corrected chi connectivity index (χ0v) is 5.03. The minimum Gasteiger partial charge on any atom is -0.273 e. The van der Waals surface area contributed by atoms with E-state index in [1.807, 2.05) is 5.32 Å². The van der Waals surface area contributed by atoms with E-state index in [1.165, 1.54) is 6.19 Å². The molecule has 0 aromatic heterocycles. The van der Waals surface area contributed by atoms with Crippen LogP contribution in [0.15, 0.2) is 0 Å². The van der Waals surface area contributed by atoms with Crippen LogP contribution in [0.2, 0.25) is 0 Å². The van der Waals surface area contributed by atoms with E-state index in [-0.39, 0.29) is 11.2 Å². The number of hydrogen-bond donors (Lipinski definition) is 1. The molecule has 0 radical (unpaired) electrons. The monoisotopic (exact) mass is 162 g/mol. The standard InChI is InChI=1S/C3H3BrN2O/c4-1-3(7)6-2-5/h1H2,(H,6,7). The molecule has 1 N–H and O–H groups in total. The Morgan fingerprint density at radius 1 is 2.00 bits per heavy atom. The van der Waals surface area contributed by atoms with E-state index in [0.29, 0.717) is 0 Å². The zero-order valence-electron chi connectivity index (χ0n) is 3.44. The Morgan fingerprint density at radius 3 is 2.71 bits per heavy atom. The molecule has 0 atom stereocenters. The molecule has 0 aromatic rings. The Morgan fingerprint density at radius 2 is 2.57 bits per heavy atom. The third kappa shape index (κ3) is 3.27. The first-order chi connectivity index (χ1) is 3.31. The lowest BCUT2D eigenvalue weighted by Gasteiger charge is -1.82. The van der Waals surface area contributed by atoms with Gasteiger partial charge in [0.2, 0.25) is 5.91 Å². The predicted molar refractivity (Wildman–Crippen MR) is 27.5 cm³/mol. The second kappa shape index (κ2) is 3.62. The minimum atomic E-state index is -0.317. The van der Waals surface area contributed by atoms with E-state index in [9.17, 15) is 4.79 Å². The van der Waals surface area contributed by atoms with Crippen LogP contribution >= 0.6 is 15.9 Å². The molecule has 1 amide bonds. The molecule has 0 aliphatic heterocycles. The van der Waals surface area contributed by atoms with Crippen molar-refractivity contribution < 1.29 is 4.79 Å². The van der Waals surface area contributed by atoms with Gasteiger partial charge in [-0.25, -0.2) is 0 Å². The average molecular weight is 163 g/mol. The molecule has 0 aliphatic carbocycles. The maximum Gasteiger partial charge on any atom is 0.243 e. The molecule has 3 nitrogen and oxygen atoms in total. The topological polar surface area (TPSA) is 52.9 Å². The van der Waals surface area contributed by atoms with Gasteiger partial charge >= 0.3 is 0 Å². The molecule has 0 aromatic carbocycles. The second-order valence-electron chi connectivity index (χ2n) is 0.794. The lowest BCUT2D eigenvalue weighted by Crippen LogP contribution is -2.17. The van der Waals surface area contributed by atoms with Gasteiger partial charge in [0.25, 0.3) is 0 Å². The summed E-state index contributed by atoms with van der Waals surface area (Å²) < 4.78 is 0. The first-order valence-electron chi connectivity index (χ1n) is 1.55. The molecule has 4 heteroatoms. The summed E-state index contributed by atoms with van der Waals surface area (Å²) in [6, 6.07) is 0. The van der Waals surface area contributed by atoms with Gasteiger partial charge in [0.15, 0.2) is 6.19 Å². The van der Waals surface area contributed by atoms with Crippen molar-refractivity contribution in [3.8, 4) is 6.19 Å². The molecule has 0 heterocycles. The van der Waals surface area contributed by atoms with Crippen LogP contribution in [-0.2, 0) is 4.79 Å². The van der Waals surface area contributed by atoms with Gasteiger partial charge in [0.05, 0.1) is 5.33 Å². The fourth-order valence-electron chi connectivity index (χ4n) is 0.0958. The Kier molecular flexibility index (Phi) is 3.33. The van der Waals surface area contributed by atoms with Crippen molar-refractivity contribution in [2.24, 2.45) is 0 Å². The second-order valence-corrected chi connectivity index (χ2v) is 1.35. The Hall–Kier alpha value is -0.560. The van der Waals surface area contributed by atoms with E-state index in [4.69, 9.17) is 5.26 Å². The van der Waals surface area contributed by atoms with E-state index >= 15 is 0 Å². The summed E-state index contributed by atoms with van der Waals surface area (Å²) in [5, 5.41) is 9.86. The number of nitrogens with zero attached hydrogens (tertiary/aromatic N) is 1. The number of rotatable bonds is 1. The minimum absolute atomic E-state index is 0.181. The molecular weight excluding hydrogens is 160 g/mol. The van der Waals surface area contributed by atoms with Crippen LogP contribution in [0.4, 0.5) is 0 Å². The van der Waals surface area contributed by atoms with E-state index in [2.05, 4.69) is 15.9 Å². The summed E-state index contributed by atoms with van der Waals surface area (Å²) in [7, 11) is 0. The van der Waals surface area contributed by atoms with Crippen molar-refractivity contribution in [3.05, 3.63) is 0 Å². The number of hydrogen-bond acceptors (Lipinski definition) is 2. The normalized spacial score (nSPS) is 6.86. The average Bonchev–Trinajstić information content (AvgIpc) is 1.68. The van der Waals surface area contributed by atoms with Crippen LogP contribution < -0.4 is 5.32 Å². The number of amides is 1. The van der Waals surface area contributed by atoms with Crippen LogP contribution in [0.25, 0.3) is 0 Å². The van der Waals surface area contributed by atoms with Crippen LogP contribution in [0.5, 0.6) is 0 Å². The number of halogens is 1. The summed E-state index contributed by atoms with van der Waals surface area (Å²) >= 11 is 2.85. The number of nitrogens with one attached hydrogen (secondary N) is 1. The lowest BCUT2D eigenvalue weighted by molar-refractivity contribution is -0.117. The molecule has 0 aliphatic rings. The Balaban J connectivity index is 3.23. The highest BCUT2D eigenvalue weighted by molar-refractivity contribution is 9.09. The van der Waals surface area contributed by atoms with Crippen LogP contribution in [0.3, 0.4) is 0 Å². The largest absolute Gasteiger partial charge is 0.273 e. The fourth-order valence-corrected chi connectivity index (χ4v) is 0.236. The van der Waals surface area contributed by atoms with Gasteiger partial charge < -0.3 is 0 Å². The van der Waals surface area contributed by atoms with Crippen molar-refractivity contribution in [1.82, 2.24) is 5.32 Å². The molecule has 0 rings (SSSR count). The van der Waals surface area contributed by atoms with Crippen molar-refractivity contribution in [2.75, 3.05) is 5.33 Å². The van der Waals surface area contributed by atoms with Crippen molar-refractivity contribution in [2.45, 2.75) is 0 Å². The highest BCUT2D eigenvalue weighted by atomic mass is 79.9. The van der Waals surface area contributed by atoms with Gasteiger partial charge in [-0.1, -0.05) is 15.9 Å². The first-order valence-corrected chi connectivity index (χ1v) is 2.67. The Labute approximate surface area is 49.4 Å². The van der Waals surface area contributed by atoms with Gasteiger partial charge in [-0.05, 0) is 0 Å². The number of carbonyl (C=O) groups is 1. The van der Waals surface area contributed by atoms with Crippen molar-refractivity contribution in [3.63, 3.8) is 0 Å². The molecular formula is C3H3BrN2O. The maximum absolute atomic E-state index is 10.0. The van der Waals surface area contributed by atoms with Gasteiger partial charge in [0.1, 0.15) is 0 Å². The van der Waals surface area contributed by atoms with E-state index in [1.54, 1.807) is 0 Å². The summed E-state index contributed by atoms with van der Waals surface area (Å²) in [4.78, 5) is 10.0. The maximum atomic E-state index is 10.0. The first kappa shape index (κ1) is 6.44. The summed E-state index contributed by atoms with van der Waals surface area (Å²) in [5.74, 6) is -0.317. The molecule has 0 saturated carbocycles. The molecule has 0 spiro atoms. The summed E-state index contributed by atoms with van der Waals surface area (Å²) in [6.07, 6.45) is 1.49. The SMILES string of the molecule is N#CNC(=O)CBr. The number of nitriles is 1. The smallest absolute Gasteiger partial charge is 0.243 e. The highest BCUT2D eigenvalue weighted by Gasteiger charge is 1.90. The fraction of sp³-hybridized carbons (Fsp3) is 0.333. The van der Waals surface area contributed by atoms with Gasteiger partial charge in [-0.3, -0.25) is 10.1 Å². The molecule has 7 heavy (non-hydrogen) atoms. The molecule has 0 unspecified atom stereocenters. The predicted octanol–water partition coefficient (Wildman–Crippen LogP) is -0.0214.